The molecule has 30 heavy (non-hydrogen) atoms. The number of rotatable bonds is 4. The summed E-state index contributed by atoms with van der Waals surface area (Å²) in [7, 11) is 0. The van der Waals surface area contributed by atoms with Gasteiger partial charge in [0.25, 0.3) is 11.5 Å². The molecule has 3 aromatic carbocycles. The number of nitrogens with one attached hydrogen (secondary N) is 2. The van der Waals surface area contributed by atoms with E-state index in [1.54, 1.807) is 72.8 Å². The first-order valence-corrected chi connectivity index (χ1v) is 9.79. The quantitative estimate of drug-likeness (QED) is 0.425. The summed E-state index contributed by atoms with van der Waals surface area (Å²) in [6.07, 6.45) is 0. The van der Waals surface area contributed by atoms with Crippen molar-refractivity contribution >= 4 is 40.6 Å². The molecule has 0 aliphatic heterocycles. The summed E-state index contributed by atoms with van der Waals surface area (Å²) in [5.74, 6) is -0.824. The minimum atomic E-state index is -2.04. The zero-order valence-corrected chi connectivity index (χ0v) is 17.1. The number of H-pyrrole nitrogens is 1. The average molecular weight is 438 g/mol. The number of carbonyl (C=O) groups is 1. The van der Waals surface area contributed by atoms with E-state index in [9.17, 15) is 14.7 Å². The van der Waals surface area contributed by atoms with Gasteiger partial charge in [-0.1, -0.05) is 72.3 Å². The molecule has 0 spiro atoms. The van der Waals surface area contributed by atoms with Gasteiger partial charge in [0.15, 0.2) is 10.4 Å². The summed E-state index contributed by atoms with van der Waals surface area (Å²) < 4.78 is 0.872. The molecule has 0 fully saturated rings. The standard InChI is InChI=1S/C22H16ClN3O3S/c23-16-11-12-17-18(13-16)24-21(30)26(19(17)27)25-20(28)22(29,14-7-3-1-4-8-14)15-9-5-2-6-10-15/h1-13,29H,(H,24,30)(H,25,28). The molecule has 150 valence electrons. The van der Waals surface area contributed by atoms with Gasteiger partial charge in [-0.25, -0.2) is 0 Å². The fourth-order valence-corrected chi connectivity index (χ4v) is 3.67. The maximum Gasteiger partial charge on any atom is 0.281 e. The molecule has 4 rings (SSSR count). The summed E-state index contributed by atoms with van der Waals surface area (Å²) in [4.78, 5) is 29.1. The lowest BCUT2D eigenvalue weighted by molar-refractivity contribution is -0.132. The van der Waals surface area contributed by atoms with Crippen LogP contribution in [0.4, 0.5) is 0 Å². The summed E-state index contributed by atoms with van der Waals surface area (Å²) in [6, 6.07) is 21.7. The third kappa shape index (κ3) is 3.43. The summed E-state index contributed by atoms with van der Waals surface area (Å²) in [5, 5.41) is 12.3. The van der Waals surface area contributed by atoms with Crippen molar-refractivity contribution in [1.29, 1.82) is 0 Å². The number of amides is 1. The van der Waals surface area contributed by atoms with Gasteiger partial charge in [-0.2, -0.15) is 4.68 Å². The van der Waals surface area contributed by atoms with Crippen molar-refractivity contribution in [2.45, 2.75) is 5.60 Å². The second-order valence-corrected chi connectivity index (χ2v) is 7.47. The first-order valence-electron chi connectivity index (χ1n) is 9.01. The molecule has 3 N–H and O–H groups in total. The van der Waals surface area contributed by atoms with E-state index in [2.05, 4.69) is 10.4 Å². The second kappa shape index (κ2) is 7.87. The molecule has 0 aliphatic carbocycles. The predicted molar refractivity (Wildman–Crippen MR) is 119 cm³/mol. The molecule has 1 heterocycles. The summed E-state index contributed by atoms with van der Waals surface area (Å²) in [5.41, 5.74) is 1.04. The Balaban J connectivity index is 1.84. The third-order valence-electron chi connectivity index (χ3n) is 4.78. The topological polar surface area (TPSA) is 87.1 Å². The highest BCUT2D eigenvalue weighted by Crippen LogP contribution is 2.30. The zero-order chi connectivity index (χ0) is 21.3. The molecule has 0 radical (unpaired) electrons. The van der Waals surface area contributed by atoms with Gasteiger partial charge in [-0.3, -0.25) is 15.0 Å². The summed E-state index contributed by atoms with van der Waals surface area (Å²) in [6.45, 7) is 0. The van der Waals surface area contributed by atoms with E-state index in [4.69, 9.17) is 23.8 Å². The normalized spacial score (nSPS) is 11.4. The number of halogens is 1. The van der Waals surface area contributed by atoms with E-state index < -0.39 is 17.1 Å². The number of benzene rings is 3. The Morgan fingerprint density at radius 2 is 1.57 bits per heavy atom. The largest absolute Gasteiger partial charge is 0.372 e. The molecule has 0 saturated carbocycles. The van der Waals surface area contributed by atoms with Crippen molar-refractivity contribution in [1.82, 2.24) is 9.66 Å². The Hall–Kier alpha value is -3.26. The molecule has 6 nitrogen and oxygen atoms in total. The number of carbonyl (C=O) groups excluding carboxylic acids is 1. The van der Waals surface area contributed by atoms with E-state index >= 15 is 0 Å². The minimum absolute atomic E-state index is 0.0356. The molecule has 0 unspecified atom stereocenters. The van der Waals surface area contributed by atoms with Crippen LogP contribution in [0, 0.1) is 4.77 Å². The lowest BCUT2D eigenvalue weighted by atomic mass is 9.85. The van der Waals surface area contributed by atoms with Crippen LogP contribution >= 0.6 is 23.8 Å². The number of hydrogen-bond acceptors (Lipinski definition) is 4. The van der Waals surface area contributed by atoms with E-state index in [1.807, 2.05) is 0 Å². The Morgan fingerprint density at radius 3 is 2.13 bits per heavy atom. The van der Waals surface area contributed by atoms with E-state index in [-0.39, 0.29) is 10.2 Å². The van der Waals surface area contributed by atoms with Crippen molar-refractivity contribution in [3.63, 3.8) is 0 Å². The van der Waals surface area contributed by atoms with Gasteiger partial charge in [-0.05, 0) is 41.5 Å². The lowest BCUT2D eigenvalue weighted by Gasteiger charge is -2.28. The predicted octanol–water partition coefficient (Wildman–Crippen LogP) is 3.72. The fourth-order valence-electron chi connectivity index (χ4n) is 3.26. The van der Waals surface area contributed by atoms with E-state index in [0.717, 1.165) is 4.68 Å². The van der Waals surface area contributed by atoms with Gasteiger partial charge in [-0.15, -0.1) is 0 Å². The van der Waals surface area contributed by atoms with Gasteiger partial charge >= 0.3 is 0 Å². The lowest BCUT2D eigenvalue weighted by Crippen LogP contribution is -2.47. The van der Waals surface area contributed by atoms with Gasteiger partial charge in [0.2, 0.25) is 0 Å². The number of fused-ring (bicyclic) bond motifs is 1. The Kier molecular flexibility index (Phi) is 5.26. The molecule has 8 heteroatoms. The molecule has 4 aromatic rings. The van der Waals surface area contributed by atoms with Crippen LogP contribution in [0.25, 0.3) is 10.9 Å². The first-order chi connectivity index (χ1) is 14.4. The van der Waals surface area contributed by atoms with Crippen LogP contribution in [0.5, 0.6) is 0 Å². The SMILES string of the molecule is O=C(Nn1c(=S)[nH]c2cc(Cl)ccc2c1=O)C(O)(c1ccccc1)c1ccccc1. The zero-order valence-electron chi connectivity index (χ0n) is 15.5. The molecule has 1 aromatic heterocycles. The maximum atomic E-state index is 13.3. The van der Waals surface area contributed by atoms with Crippen molar-refractivity contribution < 1.29 is 9.90 Å². The third-order valence-corrected chi connectivity index (χ3v) is 5.30. The van der Waals surface area contributed by atoms with Crippen LogP contribution < -0.4 is 11.0 Å². The smallest absolute Gasteiger partial charge is 0.281 e. The van der Waals surface area contributed by atoms with Gasteiger partial charge in [0.1, 0.15) is 0 Å². The van der Waals surface area contributed by atoms with Crippen molar-refractivity contribution in [3.05, 3.63) is 110 Å². The molecule has 0 aliphatic rings. The molecule has 0 saturated heterocycles. The van der Waals surface area contributed by atoms with Crippen molar-refractivity contribution in [2.24, 2.45) is 0 Å². The van der Waals surface area contributed by atoms with Gasteiger partial charge in [0, 0.05) is 5.02 Å². The molecular formula is C22H16ClN3O3S. The number of aliphatic hydroxyl groups is 1. The summed E-state index contributed by atoms with van der Waals surface area (Å²) >= 11 is 11.2. The Bertz CT molecular complexity index is 1310. The highest BCUT2D eigenvalue weighted by atomic mass is 35.5. The molecule has 0 atom stereocenters. The van der Waals surface area contributed by atoms with Crippen LogP contribution in [-0.2, 0) is 10.4 Å². The van der Waals surface area contributed by atoms with Crippen LogP contribution in [-0.4, -0.2) is 20.7 Å². The molecular weight excluding hydrogens is 422 g/mol. The van der Waals surface area contributed by atoms with Gasteiger partial charge in [0.05, 0.1) is 10.9 Å². The van der Waals surface area contributed by atoms with Crippen LogP contribution in [0.15, 0.2) is 83.7 Å². The minimum Gasteiger partial charge on any atom is -0.372 e. The number of aromatic amines is 1. The molecule has 0 bridgehead atoms. The van der Waals surface area contributed by atoms with Crippen LogP contribution in [0.3, 0.4) is 0 Å². The number of aromatic nitrogens is 2. The number of nitrogens with zero attached hydrogens (tertiary/aromatic N) is 1. The van der Waals surface area contributed by atoms with Crippen LogP contribution in [0.1, 0.15) is 11.1 Å². The highest BCUT2D eigenvalue weighted by Gasteiger charge is 2.40. The average Bonchev–Trinajstić information content (AvgIpc) is 2.76. The second-order valence-electron chi connectivity index (χ2n) is 6.64. The number of hydrogen-bond donors (Lipinski definition) is 3. The van der Waals surface area contributed by atoms with Crippen molar-refractivity contribution in [2.75, 3.05) is 5.43 Å². The van der Waals surface area contributed by atoms with Gasteiger partial charge < -0.3 is 10.1 Å². The van der Waals surface area contributed by atoms with E-state index in [0.29, 0.717) is 21.7 Å². The molecule has 1 amide bonds. The van der Waals surface area contributed by atoms with Crippen molar-refractivity contribution in [3.8, 4) is 0 Å². The monoisotopic (exact) mass is 437 g/mol. The van der Waals surface area contributed by atoms with Crippen LogP contribution in [0.2, 0.25) is 5.02 Å². The van der Waals surface area contributed by atoms with E-state index in [1.165, 1.54) is 6.07 Å². The Labute approximate surface area is 181 Å². The fraction of sp³-hybridized carbons (Fsp3) is 0.0455. The Morgan fingerprint density at radius 1 is 1.00 bits per heavy atom. The highest BCUT2D eigenvalue weighted by molar-refractivity contribution is 7.71. The maximum absolute atomic E-state index is 13.3. The first kappa shape index (κ1) is 20.0.